The third-order valence-corrected chi connectivity index (χ3v) is 2.31. The summed E-state index contributed by atoms with van der Waals surface area (Å²) in [6.45, 7) is 2.38. The zero-order valence-electron chi connectivity index (χ0n) is 8.01. The van der Waals surface area contributed by atoms with Gasteiger partial charge in [-0.3, -0.25) is 4.79 Å². The molecule has 0 rings (SSSR count). The minimum Gasteiger partial charge on any atom is -0.480 e. The molecule has 0 aromatic rings. The Balaban J connectivity index is 4.21. The fraction of sp³-hybridized carbons (Fsp3) is 0.875. The van der Waals surface area contributed by atoms with Crippen molar-refractivity contribution in [3.63, 3.8) is 0 Å². The fourth-order valence-corrected chi connectivity index (χ4v) is 1.03. The number of alkyl halides is 3. The molecule has 0 amide bonds. The Morgan fingerprint density at radius 1 is 1.43 bits per heavy atom. The van der Waals surface area contributed by atoms with Crippen molar-refractivity contribution in [3.05, 3.63) is 0 Å². The second-order valence-corrected chi connectivity index (χ2v) is 3.49. The second kappa shape index (κ2) is 4.63. The van der Waals surface area contributed by atoms with Crippen LogP contribution in [0.2, 0.25) is 0 Å². The molecule has 0 aliphatic carbocycles. The summed E-state index contributed by atoms with van der Waals surface area (Å²) in [5.41, 5.74) is 5.13. The molecule has 84 valence electrons. The molecule has 14 heavy (non-hydrogen) atoms. The molecule has 3 unspecified atom stereocenters. The van der Waals surface area contributed by atoms with E-state index in [0.717, 1.165) is 6.92 Å². The highest BCUT2D eigenvalue weighted by Crippen LogP contribution is 2.33. The first-order valence-corrected chi connectivity index (χ1v) is 4.21. The molecule has 0 saturated carbocycles. The molecular formula is C8H14F3NO2. The van der Waals surface area contributed by atoms with E-state index in [2.05, 4.69) is 0 Å². The summed E-state index contributed by atoms with van der Waals surface area (Å²) in [6, 6.07) is -1.23. The zero-order valence-corrected chi connectivity index (χ0v) is 8.01. The average Bonchev–Trinajstić information content (AvgIpc) is 2.00. The van der Waals surface area contributed by atoms with Gasteiger partial charge in [0.2, 0.25) is 0 Å². The van der Waals surface area contributed by atoms with Crippen molar-refractivity contribution >= 4 is 5.97 Å². The molecule has 0 fully saturated rings. The Kier molecular flexibility index (Phi) is 4.38. The van der Waals surface area contributed by atoms with Gasteiger partial charge in [-0.1, -0.05) is 13.8 Å². The largest absolute Gasteiger partial charge is 0.480 e. The summed E-state index contributed by atoms with van der Waals surface area (Å²) in [6.07, 6.45) is -4.46. The van der Waals surface area contributed by atoms with Crippen LogP contribution in [0.15, 0.2) is 0 Å². The molecule has 0 aliphatic rings. The number of halogens is 3. The highest BCUT2D eigenvalue weighted by atomic mass is 19.4. The van der Waals surface area contributed by atoms with Crippen LogP contribution >= 0.6 is 0 Å². The molecule has 6 heteroatoms. The molecule has 0 radical (unpaired) electrons. The topological polar surface area (TPSA) is 63.3 Å². The van der Waals surface area contributed by atoms with Crippen LogP contribution in [0.4, 0.5) is 13.2 Å². The van der Waals surface area contributed by atoms with E-state index in [-0.39, 0.29) is 6.42 Å². The molecular weight excluding hydrogens is 199 g/mol. The van der Waals surface area contributed by atoms with Gasteiger partial charge >= 0.3 is 12.1 Å². The van der Waals surface area contributed by atoms with Crippen molar-refractivity contribution in [1.82, 2.24) is 0 Å². The van der Waals surface area contributed by atoms with Crippen LogP contribution in [0.25, 0.3) is 0 Å². The molecule has 0 aromatic heterocycles. The lowest BCUT2D eigenvalue weighted by Crippen LogP contribution is -2.36. The highest BCUT2D eigenvalue weighted by molar-refractivity contribution is 5.73. The monoisotopic (exact) mass is 213 g/mol. The molecule has 3 N–H and O–H groups in total. The Morgan fingerprint density at radius 3 is 2.14 bits per heavy atom. The fourth-order valence-electron chi connectivity index (χ4n) is 1.03. The summed E-state index contributed by atoms with van der Waals surface area (Å²) >= 11 is 0. The van der Waals surface area contributed by atoms with Crippen LogP contribution in [0.3, 0.4) is 0 Å². The van der Waals surface area contributed by atoms with Crippen molar-refractivity contribution in [3.8, 4) is 0 Å². The Morgan fingerprint density at radius 2 is 1.86 bits per heavy atom. The first-order valence-electron chi connectivity index (χ1n) is 4.21. The molecule has 0 aliphatic heterocycles. The Labute approximate surface area is 80.1 Å². The maximum atomic E-state index is 12.2. The highest BCUT2D eigenvalue weighted by Gasteiger charge is 2.40. The Bertz CT molecular complexity index is 205. The maximum Gasteiger partial charge on any atom is 0.391 e. The van der Waals surface area contributed by atoms with Crippen molar-refractivity contribution in [2.24, 2.45) is 17.6 Å². The number of carboxylic acid groups (broad SMARTS) is 1. The van der Waals surface area contributed by atoms with E-state index >= 15 is 0 Å². The maximum absolute atomic E-state index is 12.2. The summed E-state index contributed by atoms with van der Waals surface area (Å²) in [7, 11) is 0. The van der Waals surface area contributed by atoms with Gasteiger partial charge in [-0.15, -0.1) is 0 Å². The number of carbonyl (C=O) groups is 1. The molecule has 0 saturated heterocycles. The van der Waals surface area contributed by atoms with Crippen LogP contribution < -0.4 is 5.73 Å². The third kappa shape index (κ3) is 3.95. The van der Waals surface area contributed by atoms with Gasteiger partial charge in [0.25, 0.3) is 0 Å². The van der Waals surface area contributed by atoms with E-state index in [1.54, 1.807) is 0 Å². The summed E-state index contributed by atoms with van der Waals surface area (Å²) < 4.78 is 36.5. The minimum atomic E-state index is -4.29. The van der Waals surface area contributed by atoms with Gasteiger partial charge in [-0.2, -0.15) is 13.2 Å². The van der Waals surface area contributed by atoms with Gasteiger partial charge in [-0.25, -0.2) is 0 Å². The average molecular weight is 213 g/mol. The van der Waals surface area contributed by atoms with Crippen LogP contribution in [0, 0.1) is 11.8 Å². The summed E-state index contributed by atoms with van der Waals surface area (Å²) in [4.78, 5) is 10.3. The van der Waals surface area contributed by atoms with E-state index < -0.39 is 30.0 Å². The third-order valence-electron chi connectivity index (χ3n) is 2.31. The second-order valence-electron chi connectivity index (χ2n) is 3.49. The van der Waals surface area contributed by atoms with E-state index in [4.69, 9.17) is 10.8 Å². The molecule has 0 aromatic carbocycles. The minimum absolute atomic E-state index is 0.171. The number of hydrogen-bond acceptors (Lipinski definition) is 2. The number of aliphatic carboxylic acids is 1. The van der Waals surface area contributed by atoms with Crippen LogP contribution in [-0.4, -0.2) is 23.3 Å². The van der Waals surface area contributed by atoms with E-state index in [0.29, 0.717) is 0 Å². The lowest BCUT2D eigenvalue weighted by atomic mass is 9.89. The molecule has 0 spiro atoms. The van der Waals surface area contributed by atoms with Crippen LogP contribution in [0.1, 0.15) is 20.3 Å². The van der Waals surface area contributed by atoms with Gasteiger partial charge in [0.15, 0.2) is 0 Å². The summed E-state index contributed by atoms with van der Waals surface area (Å²) in [5, 5.41) is 8.41. The van der Waals surface area contributed by atoms with Crippen molar-refractivity contribution in [1.29, 1.82) is 0 Å². The van der Waals surface area contributed by atoms with Gasteiger partial charge in [0, 0.05) is 0 Å². The quantitative estimate of drug-likeness (QED) is 0.745. The molecule has 3 nitrogen and oxygen atoms in total. The smallest absolute Gasteiger partial charge is 0.391 e. The van der Waals surface area contributed by atoms with Gasteiger partial charge in [0.05, 0.1) is 5.92 Å². The standard InChI is InChI=1S/C8H14F3NO2/c1-4(3-6(12)7(13)14)5(2)8(9,10)11/h4-6H,3,12H2,1-2H3,(H,13,14). The SMILES string of the molecule is CC(CC(N)C(=O)O)C(C)C(F)(F)F. The molecule has 0 heterocycles. The van der Waals surface area contributed by atoms with Crippen molar-refractivity contribution < 1.29 is 23.1 Å². The number of rotatable bonds is 4. The van der Waals surface area contributed by atoms with Gasteiger partial charge in [-0.05, 0) is 12.3 Å². The van der Waals surface area contributed by atoms with E-state index in [1.807, 2.05) is 0 Å². The number of hydrogen-bond donors (Lipinski definition) is 2. The van der Waals surface area contributed by atoms with Gasteiger partial charge in [0.1, 0.15) is 6.04 Å². The van der Waals surface area contributed by atoms with Crippen LogP contribution in [0.5, 0.6) is 0 Å². The van der Waals surface area contributed by atoms with Crippen molar-refractivity contribution in [2.75, 3.05) is 0 Å². The summed E-state index contributed by atoms with van der Waals surface area (Å²) in [5.74, 6) is -3.60. The lowest BCUT2D eigenvalue weighted by Gasteiger charge is -2.23. The Hall–Kier alpha value is -0.780. The van der Waals surface area contributed by atoms with Crippen molar-refractivity contribution in [2.45, 2.75) is 32.5 Å². The number of carboxylic acids is 1. The van der Waals surface area contributed by atoms with Gasteiger partial charge < -0.3 is 10.8 Å². The van der Waals surface area contributed by atoms with Crippen LogP contribution in [-0.2, 0) is 4.79 Å². The predicted octanol–water partition coefficient (Wildman–Crippen LogP) is 1.62. The lowest BCUT2D eigenvalue weighted by molar-refractivity contribution is -0.183. The normalized spacial score (nSPS) is 18.7. The first kappa shape index (κ1) is 13.2. The number of nitrogens with two attached hydrogens (primary N) is 1. The van der Waals surface area contributed by atoms with E-state index in [1.165, 1.54) is 6.92 Å². The zero-order chi connectivity index (χ0) is 11.5. The predicted molar refractivity (Wildman–Crippen MR) is 44.6 cm³/mol. The first-order chi connectivity index (χ1) is 6.16. The molecule has 0 bridgehead atoms. The molecule has 3 atom stereocenters. The van der Waals surface area contributed by atoms with E-state index in [9.17, 15) is 18.0 Å².